The van der Waals surface area contributed by atoms with E-state index in [-0.39, 0.29) is 17.8 Å². The van der Waals surface area contributed by atoms with Gasteiger partial charge in [0.25, 0.3) is 0 Å². The highest BCUT2D eigenvalue weighted by Gasteiger charge is 2.30. The lowest BCUT2D eigenvalue weighted by Gasteiger charge is -2.31. The predicted molar refractivity (Wildman–Crippen MR) is 127 cm³/mol. The van der Waals surface area contributed by atoms with Gasteiger partial charge in [0.1, 0.15) is 5.52 Å². The first-order chi connectivity index (χ1) is 15.8. The second-order valence-electron chi connectivity index (χ2n) is 9.19. The van der Waals surface area contributed by atoms with Crippen molar-refractivity contribution in [2.45, 2.75) is 62.4 Å². The molecule has 1 aromatic carbocycles. The van der Waals surface area contributed by atoms with Gasteiger partial charge >= 0.3 is 5.69 Å². The number of imidazole rings is 1. The van der Waals surface area contributed by atoms with E-state index in [9.17, 15) is 13.2 Å². The van der Waals surface area contributed by atoms with Gasteiger partial charge in [-0.1, -0.05) is 30.5 Å². The maximum absolute atomic E-state index is 13.0. The normalized spacial score (nSPS) is 18.8. The Labute approximate surface area is 193 Å². The van der Waals surface area contributed by atoms with Crippen LogP contribution in [0.1, 0.15) is 50.1 Å². The maximum atomic E-state index is 13.0. The molecule has 1 saturated heterocycles. The fraction of sp³-hybridized carbons (Fsp3) is 0.522. The van der Waals surface area contributed by atoms with Gasteiger partial charge in [-0.2, -0.15) is 9.29 Å². The average Bonchev–Trinajstić information content (AvgIpc) is 3.41. The number of aryl methyl sites for hydroxylation is 2. The number of hydrogen-bond acceptors (Lipinski definition) is 6. The van der Waals surface area contributed by atoms with Crippen LogP contribution >= 0.6 is 0 Å². The molecule has 2 fully saturated rings. The zero-order chi connectivity index (χ0) is 23.2. The van der Waals surface area contributed by atoms with Crippen molar-refractivity contribution in [2.75, 3.05) is 18.4 Å². The van der Waals surface area contributed by atoms with E-state index in [1.54, 1.807) is 34.2 Å². The summed E-state index contributed by atoms with van der Waals surface area (Å²) in [6.07, 6.45) is 7.29. The minimum Gasteiger partial charge on any atom is -0.351 e. The van der Waals surface area contributed by atoms with Gasteiger partial charge in [-0.25, -0.2) is 18.2 Å². The summed E-state index contributed by atoms with van der Waals surface area (Å²) in [6, 6.07) is 7.25. The van der Waals surface area contributed by atoms with Gasteiger partial charge in [-0.05, 0) is 44.7 Å². The molecule has 0 atom stereocenters. The van der Waals surface area contributed by atoms with E-state index in [0.29, 0.717) is 42.4 Å². The lowest BCUT2D eigenvalue weighted by atomic mass is 10.1. The highest BCUT2D eigenvalue weighted by molar-refractivity contribution is 7.89. The SMILES string of the molecule is Cc1ccc(S(=O)(=O)N2CCC(Nc3ncc4c(n3)n(C3CCCC3)c(=O)n4C)CC2)cc1. The van der Waals surface area contributed by atoms with Crippen molar-refractivity contribution in [3.63, 3.8) is 0 Å². The Bertz CT molecular complexity index is 1310. The van der Waals surface area contributed by atoms with Gasteiger partial charge in [0.15, 0.2) is 5.65 Å². The molecule has 1 N–H and O–H groups in total. The molecule has 5 rings (SSSR count). The third-order valence-corrected chi connectivity index (χ3v) is 8.88. The topological polar surface area (TPSA) is 102 Å². The largest absolute Gasteiger partial charge is 0.351 e. The Morgan fingerprint density at radius 2 is 1.70 bits per heavy atom. The van der Waals surface area contributed by atoms with Crippen LogP contribution in [0.2, 0.25) is 0 Å². The van der Waals surface area contributed by atoms with Crippen LogP contribution in [0.4, 0.5) is 5.95 Å². The first kappa shape index (κ1) is 22.1. The van der Waals surface area contributed by atoms with Crippen molar-refractivity contribution in [1.29, 1.82) is 0 Å². The Morgan fingerprint density at radius 1 is 1.03 bits per heavy atom. The molecule has 2 aromatic heterocycles. The third-order valence-electron chi connectivity index (χ3n) is 6.97. The number of fused-ring (bicyclic) bond motifs is 1. The van der Waals surface area contributed by atoms with E-state index in [2.05, 4.69) is 10.3 Å². The van der Waals surface area contributed by atoms with Gasteiger partial charge < -0.3 is 5.32 Å². The molecule has 33 heavy (non-hydrogen) atoms. The van der Waals surface area contributed by atoms with Gasteiger partial charge in [-0.15, -0.1) is 0 Å². The van der Waals surface area contributed by atoms with Crippen molar-refractivity contribution in [2.24, 2.45) is 7.05 Å². The number of nitrogens with zero attached hydrogens (tertiary/aromatic N) is 5. The van der Waals surface area contributed by atoms with Crippen molar-refractivity contribution < 1.29 is 8.42 Å². The van der Waals surface area contributed by atoms with E-state index in [1.807, 2.05) is 23.6 Å². The van der Waals surface area contributed by atoms with E-state index in [0.717, 1.165) is 36.8 Å². The molecule has 0 bridgehead atoms. The monoisotopic (exact) mass is 470 g/mol. The Hall–Kier alpha value is -2.72. The number of sulfonamides is 1. The van der Waals surface area contributed by atoms with Crippen molar-refractivity contribution in [3.8, 4) is 0 Å². The van der Waals surface area contributed by atoms with Crippen molar-refractivity contribution in [1.82, 2.24) is 23.4 Å². The van der Waals surface area contributed by atoms with Crippen molar-refractivity contribution >= 4 is 27.1 Å². The average molecular weight is 471 g/mol. The minimum atomic E-state index is -3.49. The molecule has 1 aliphatic carbocycles. The smallest absolute Gasteiger partial charge is 0.330 e. The Morgan fingerprint density at radius 3 is 2.36 bits per heavy atom. The summed E-state index contributed by atoms with van der Waals surface area (Å²) in [7, 11) is -1.73. The van der Waals surface area contributed by atoms with Crippen LogP contribution in [-0.4, -0.2) is 51.0 Å². The maximum Gasteiger partial charge on any atom is 0.330 e. The number of nitrogens with one attached hydrogen (secondary N) is 1. The zero-order valence-corrected chi connectivity index (χ0v) is 19.9. The van der Waals surface area contributed by atoms with Gasteiger partial charge in [0.05, 0.1) is 11.1 Å². The number of piperidine rings is 1. The molecule has 0 unspecified atom stereocenters. The fourth-order valence-corrected chi connectivity index (χ4v) is 6.45. The summed E-state index contributed by atoms with van der Waals surface area (Å²) >= 11 is 0. The highest BCUT2D eigenvalue weighted by atomic mass is 32.2. The molecule has 1 saturated carbocycles. The van der Waals surface area contributed by atoms with Gasteiger partial charge in [-0.3, -0.25) is 9.13 Å². The van der Waals surface area contributed by atoms with Crippen LogP contribution in [0.15, 0.2) is 40.2 Å². The van der Waals surface area contributed by atoms with Crippen LogP contribution in [-0.2, 0) is 17.1 Å². The van der Waals surface area contributed by atoms with Crippen LogP contribution in [0, 0.1) is 6.92 Å². The molecule has 9 nitrogen and oxygen atoms in total. The molecule has 10 heteroatoms. The zero-order valence-electron chi connectivity index (χ0n) is 19.1. The minimum absolute atomic E-state index is 0.0435. The summed E-state index contributed by atoms with van der Waals surface area (Å²) < 4.78 is 30.9. The number of rotatable bonds is 5. The quantitative estimate of drug-likeness (QED) is 0.615. The third kappa shape index (κ3) is 4.06. The van der Waals surface area contributed by atoms with E-state index >= 15 is 0 Å². The first-order valence-corrected chi connectivity index (χ1v) is 13.1. The highest BCUT2D eigenvalue weighted by Crippen LogP contribution is 2.31. The molecule has 0 spiro atoms. The second-order valence-corrected chi connectivity index (χ2v) is 11.1. The van der Waals surface area contributed by atoms with Crippen LogP contribution in [0.3, 0.4) is 0 Å². The molecular weight excluding hydrogens is 440 g/mol. The summed E-state index contributed by atoms with van der Waals surface area (Å²) in [4.78, 5) is 22.3. The molecule has 2 aliphatic rings. The van der Waals surface area contributed by atoms with Crippen LogP contribution < -0.4 is 11.0 Å². The molecule has 3 aromatic rings. The Kier molecular flexibility index (Phi) is 5.74. The predicted octanol–water partition coefficient (Wildman–Crippen LogP) is 2.82. The summed E-state index contributed by atoms with van der Waals surface area (Å²) in [5.74, 6) is 0.486. The Balaban J connectivity index is 1.31. The number of hydrogen-bond donors (Lipinski definition) is 1. The molecule has 0 amide bonds. The molecule has 176 valence electrons. The van der Waals surface area contributed by atoms with Crippen LogP contribution in [0.5, 0.6) is 0 Å². The van der Waals surface area contributed by atoms with Crippen molar-refractivity contribution in [3.05, 3.63) is 46.5 Å². The van der Waals surface area contributed by atoms with Crippen LogP contribution in [0.25, 0.3) is 11.2 Å². The molecule has 0 radical (unpaired) electrons. The van der Waals surface area contributed by atoms with E-state index in [4.69, 9.17) is 4.98 Å². The summed E-state index contributed by atoms with van der Waals surface area (Å²) in [5, 5.41) is 3.37. The van der Waals surface area contributed by atoms with Gasteiger partial charge in [0, 0.05) is 32.2 Å². The summed E-state index contributed by atoms with van der Waals surface area (Å²) in [6.45, 7) is 2.82. The fourth-order valence-electron chi connectivity index (χ4n) is 4.98. The number of benzene rings is 1. The molecular formula is C23H30N6O3S. The number of anilines is 1. The molecule has 1 aliphatic heterocycles. The number of aromatic nitrogens is 4. The summed E-state index contributed by atoms with van der Waals surface area (Å²) in [5.41, 5.74) is 2.39. The second kappa shape index (κ2) is 8.57. The van der Waals surface area contributed by atoms with E-state index < -0.39 is 10.0 Å². The lowest BCUT2D eigenvalue weighted by molar-refractivity contribution is 0.329. The lowest BCUT2D eigenvalue weighted by Crippen LogP contribution is -2.42. The van der Waals surface area contributed by atoms with E-state index in [1.165, 1.54) is 0 Å². The van der Waals surface area contributed by atoms with Gasteiger partial charge in [0.2, 0.25) is 16.0 Å². The molecule has 3 heterocycles. The standard InChI is InChI=1S/C23H30N6O3S/c1-16-7-9-19(10-8-16)33(31,32)28-13-11-17(12-14-28)25-22-24-15-20-21(26-22)29(23(30)27(20)2)18-5-3-4-6-18/h7-10,15,17-18H,3-6,11-14H2,1-2H3,(H,24,25,26). The first-order valence-electron chi connectivity index (χ1n) is 11.6.